The standard InChI is InChI=1S/C30H23Cl2N3O6S2/c1-40-17-10-6-15(7-11-17)33-21(36)14-34-29-26(43-30(34)39)22(19-4-3-5-20(31)24(19)32)23-25(42-29)28(38)35(27(23)37)16-8-12-18(41-2)13-9-16/h3-13,22-23,25H,14H2,1-2H3,(H,33,36). The maximum absolute atomic E-state index is 14.0. The molecule has 1 saturated heterocycles. The molecule has 9 nitrogen and oxygen atoms in total. The number of aromatic nitrogens is 1. The summed E-state index contributed by atoms with van der Waals surface area (Å²) in [5, 5.41) is 2.88. The van der Waals surface area contributed by atoms with E-state index in [0.717, 1.165) is 23.1 Å². The molecule has 3 heterocycles. The average molecular weight is 657 g/mol. The first-order valence-corrected chi connectivity index (χ1v) is 15.5. The monoisotopic (exact) mass is 655 g/mol. The van der Waals surface area contributed by atoms with Crippen LogP contribution in [-0.4, -0.2) is 41.8 Å². The third-order valence-corrected chi connectivity index (χ3v) is 10.8. The van der Waals surface area contributed by atoms with Gasteiger partial charge in [0, 0.05) is 16.5 Å². The van der Waals surface area contributed by atoms with Crippen LogP contribution in [0.3, 0.4) is 0 Å². The highest BCUT2D eigenvalue weighted by molar-refractivity contribution is 8.00. The second-order valence-corrected chi connectivity index (χ2v) is 12.7. The molecule has 0 spiro atoms. The number of methoxy groups -OCH3 is 2. The van der Waals surface area contributed by atoms with E-state index in [1.807, 2.05) is 0 Å². The van der Waals surface area contributed by atoms with Crippen LogP contribution in [0.5, 0.6) is 11.5 Å². The summed E-state index contributed by atoms with van der Waals surface area (Å²) in [6.07, 6.45) is 0. The highest BCUT2D eigenvalue weighted by atomic mass is 35.5. The van der Waals surface area contributed by atoms with Crippen molar-refractivity contribution in [1.82, 2.24) is 4.57 Å². The van der Waals surface area contributed by atoms with E-state index < -0.39 is 39.7 Å². The fraction of sp³-hybridized carbons (Fsp3) is 0.200. The Morgan fingerprint density at radius 1 is 0.907 bits per heavy atom. The number of benzene rings is 3. The van der Waals surface area contributed by atoms with Gasteiger partial charge in [-0.1, -0.05) is 58.4 Å². The van der Waals surface area contributed by atoms with Crippen LogP contribution in [0.1, 0.15) is 16.4 Å². The van der Waals surface area contributed by atoms with Gasteiger partial charge in [-0.2, -0.15) is 0 Å². The molecule has 4 aromatic rings. The van der Waals surface area contributed by atoms with E-state index in [-0.39, 0.29) is 16.6 Å². The van der Waals surface area contributed by atoms with Crippen LogP contribution in [0.4, 0.5) is 11.4 Å². The van der Waals surface area contributed by atoms with Gasteiger partial charge in [-0.05, 0) is 60.2 Å². The van der Waals surface area contributed by atoms with Crippen LogP contribution >= 0.6 is 46.3 Å². The summed E-state index contributed by atoms with van der Waals surface area (Å²) in [5.41, 5.74) is 1.46. The summed E-state index contributed by atoms with van der Waals surface area (Å²) in [6, 6.07) is 18.5. The summed E-state index contributed by atoms with van der Waals surface area (Å²) in [6.45, 7) is -0.290. The molecular formula is C30H23Cl2N3O6S2. The van der Waals surface area contributed by atoms with Crippen molar-refractivity contribution in [1.29, 1.82) is 0 Å². The van der Waals surface area contributed by atoms with E-state index in [0.29, 0.717) is 38.3 Å². The van der Waals surface area contributed by atoms with Crippen molar-refractivity contribution in [3.05, 3.63) is 96.9 Å². The van der Waals surface area contributed by atoms with Crippen molar-refractivity contribution in [2.45, 2.75) is 22.7 Å². The number of imide groups is 1. The van der Waals surface area contributed by atoms with Gasteiger partial charge < -0.3 is 14.8 Å². The molecule has 1 fully saturated rings. The van der Waals surface area contributed by atoms with E-state index in [4.69, 9.17) is 32.7 Å². The van der Waals surface area contributed by atoms with E-state index in [9.17, 15) is 19.2 Å². The third kappa shape index (κ3) is 5.20. The van der Waals surface area contributed by atoms with Crippen LogP contribution in [0.2, 0.25) is 10.0 Å². The highest BCUT2D eigenvalue weighted by Crippen LogP contribution is 2.55. The number of carbonyl (C=O) groups excluding carboxylic acids is 3. The minimum atomic E-state index is -0.868. The van der Waals surface area contributed by atoms with Gasteiger partial charge in [0.15, 0.2) is 0 Å². The number of hydrogen-bond donors (Lipinski definition) is 1. The van der Waals surface area contributed by atoms with Crippen LogP contribution in [0, 0.1) is 5.92 Å². The number of anilines is 2. The smallest absolute Gasteiger partial charge is 0.308 e. The number of fused-ring (bicyclic) bond motifs is 2. The molecular weight excluding hydrogens is 633 g/mol. The van der Waals surface area contributed by atoms with Crippen molar-refractivity contribution >= 4 is 75.4 Å². The Hall–Kier alpha value is -3.77. The lowest BCUT2D eigenvalue weighted by molar-refractivity contribution is -0.122. The largest absolute Gasteiger partial charge is 0.497 e. The molecule has 3 atom stereocenters. The molecule has 0 bridgehead atoms. The second-order valence-electron chi connectivity index (χ2n) is 9.80. The van der Waals surface area contributed by atoms with Crippen molar-refractivity contribution in [3.63, 3.8) is 0 Å². The topological polar surface area (TPSA) is 107 Å². The molecule has 6 rings (SSSR count). The lowest BCUT2D eigenvalue weighted by atomic mass is 9.83. The predicted octanol–water partition coefficient (Wildman–Crippen LogP) is 5.67. The minimum absolute atomic E-state index is 0.235. The summed E-state index contributed by atoms with van der Waals surface area (Å²) >= 11 is 15.1. The first-order chi connectivity index (χ1) is 20.7. The Kier molecular flexibility index (Phi) is 7.99. The van der Waals surface area contributed by atoms with Crippen LogP contribution < -0.4 is 24.6 Å². The fourth-order valence-corrected chi connectivity index (χ4v) is 8.54. The Balaban J connectivity index is 1.40. The van der Waals surface area contributed by atoms with Crippen molar-refractivity contribution in [2.75, 3.05) is 24.4 Å². The summed E-state index contributed by atoms with van der Waals surface area (Å²) in [4.78, 5) is 55.7. The zero-order chi connectivity index (χ0) is 30.4. The molecule has 220 valence electrons. The third-order valence-electron chi connectivity index (χ3n) is 7.37. The van der Waals surface area contributed by atoms with Gasteiger partial charge in [0.1, 0.15) is 23.3 Å². The van der Waals surface area contributed by atoms with E-state index in [1.54, 1.807) is 73.8 Å². The second kappa shape index (κ2) is 11.7. The normalized spacial score (nSPS) is 19.2. The van der Waals surface area contributed by atoms with Gasteiger partial charge in [-0.15, -0.1) is 0 Å². The van der Waals surface area contributed by atoms with E-state index in [2.05, 4.69) is 5.32 Å². The van der Waals surface area contributed by atoms with Gasteiger partial charge in [0.05, 0.1) is 40.9 Å². The lowest BCUT2D eigenvalue weighted by Crippen LogP contribution is -2.33. The number of thioether (sulfide) groups is 1. The molecule has 43 heavy (non-hydrogen) atoms. The molecule has 1 aromatic heterocycles. The van der Waals surface area contributed by atoms with E-state index >= 15 is 0 Å². The number of rotatable bonds is 7. The van der Waals surface area contributed by atoms with Gasteiger partial charge >= 0.3 is 4.87 Å². The molecule has 1 N–H and O–H groups in total. The quantitative estimate of drug-likeness (QED) is 0.256. The molecule has 0 aliphatic carbocycles. The maximum Gasteiger partial charge on any atom is 0.308 e. The Morgan fingerprint density at radius 3 is 2.21 bits per heavy atom. The number of ether oxygens (including phenoxy) is 2. The van der Waals surface area contributed by atoms with E-state index in [1.165, 1.54) is 16.6 Å². The average Bonchev–Trinajstić information content (AvgIpc) is 3.45. The summed E-state index contributed by atoms with van der Waals surface area (Å²) in [5.74, 6) is -1.65. The first kappa shape index (κ1) is 29.3. The number of thiazole rings is 1. The molecule has 0 radical (unpaired) electrons. The zero-order valence-electron chi connectivity index (χ0n) is 22.7. The van der Waals surface area contributed by atoms with Gasteiger partial charge in [0.25, 0.3) is 0 Å². The Morgan fingerprint density at radius 2 is 1.56 bits per heavy atom. The minimum Gasteiger partial charge on any atom is -0.497 e. The first-order valence-electron chi connectivity index (χ1n) is 13.0. The Bertz CT molecular complexity index is 1810. The number of nitrogens with one attached hydrogen (secondary N) is 1. The molecule has 3 unspecified atom stereocenters. The Labute approximate surface area is 264 Å². The van der Waals surface area contributed by atoms with Crippen molar-refractivity contribution < 1.29 is 23.9 Å². The molecule has 13 heteroatoms. The summed E-state index contributed by atoms with van der Waals surface area (Å²) in [7, 11) is 3.07. The van der Waals surface area contributed by atoms with Crippen LogP contribution in [-0.2, 0) is 20.9 Å². The SMILES string of the molecule is COc1ccc(NC(=O)Cn2c3c(sc2=O)C(c2cccc(Cl)c2Cl)C2C(=O)N(c4ccc(OC)cc4)C(=O)C2S3)cc1. The molecule has 3 amide bonds. The number of carbonyl (C=O) groups is 3. The van der Waals surface area contributed by atoms with Gasteiger partial charge in [-0.25, -0.2) is 4.90 Å². The van der Waals surface area contributed by atoms with Crippen LogP contribution in [0.25, 0.3) is 0 Å². The van der Waals surface area contributed by atoms with Gasteiger partial charge in [0.2, 0.25) is 17.7 Å². The number of halogens is 2. The maximum atomic E-state index is 14.0. The number of hydrogen-bond acceptors (Lipinski definition) is 8. The molecule has 0 saturated carbocycles. The molecule has 2 aliphatic rings. The van der Waals surface area contributed by atoms with Gasteiger partial charge in [-0.3, -0.25) is 23.7 Å². The van der Waals surface area contributed by atoms with Crippen molar-refractivity contribution in [2.24, 2.45) is 5.92 Å². The number of amides is 3. The highest BCUT2D eigenvalue weighted by Gasteiger charge is 2.57. The zero-order valence-corrected chi connectivity index (χ0v) is 25.9. The summed E-state index contributed by atoms with van der Waals surface area (Å²) < 4.78 is 11.7. The molecule has 3 aromatic carbocycles. The predicted molar refractivity (Wildman–Crippen MR) is 167 cm³/mol. The number of nitrogens with zero attached hydrogens (tertiary/aromatic N) is 2. The lowest BCUT2D eigenvalue weighted by Gasteiger charge is -2.31. The van der Waals surface area contributed by atoms with Crippen LogP contribution in [0.15, 0.2) is 76.6 Å². The fourth-order valence-electron chi connectivity index (χ4n) is 5.36. The molecule has 2 aliphatic heterocycles. The van der Waals surface area contributed by atoms with Crippen molar-refractivity contribution in [3.8, 4) is 11.5 Å².